The van der Waals surface area contributed by atoms with Crippen molar-refractivity contribution in [3.63, 3.8) is 0 Å². The van der Waals surface area contributed by atoms with E-state index in [0.717, 1.165) is 0 Å². The van der Waals surface area contributed by atoms with E-state index in [-0.39, 0.29) is 0 Å². The summed E-state index contributed by atoms with van der Waals surface area (Å²) in [6.07, 6.45) is 8.39. The second-order valence-corrected chi connectivity index (χ2v) is 5.00. The molecule has 3 rings (SSSR count). The van der Waals surface area contributed by atoms with Crippen molar-refractivity contribution in [1.82, 2.24) is 0 Å². The lowest BCUT2D eigenvalue weighted by atomic mass is 10.2. The number of allylic oxidation sites excluding steroid dienone is 2. The number of aromatic nitrogens is 1. The van der Waals surface area contributed by atoms with Gasteiger partial charge in [-0.1, -0.05) is 60.7 Å². The predicted octanol–water partition coefficient (Wildman–Crippen LogP) is 4.39. The maximum atomic E-state index is 2.21. The molecule has 0 atom stereocenters. The minimum absolute atomic E-state index is 1.19. The van der Waals surface area contributed by atoms with Crippen molar-refractivity contribution in [2.75, 3.05) is 0 Å². The van der Waals surface area contributed by atoms with E-state index in [4.69, 9.17) is 0 Å². The summed E-state index contributed by atoms with van der Waals surface area (Å²) in [6, 6.07) is 23.1. The quantitative estimate of drug-likeness (QED) is 0.492. The molecule has 102 valence electrons. The Morgan fingerprint density at radius 3 is 2.29 bits per heavy atom. The average molecular weight is 272 g/mol. The third-order valence-corrected chi connectivity index (χ3v) is 3.59. The third-order valence-electron chi connectivity index (χ3n) is 3.59. The van der Waals surface area contributed by atoms with E-state index in [0.29, 0.717) is 0 Å². The van der Waals surface area contributed by atoms with Crippen LogP contribution in [0.4, 0.5) is 0 Å². The fourth-order valence-corrected chi connectivity index (χ4v) is 2.41. The topological polar surface area (TPSA) is 3.88 Å². The van der Waals surface area contributed by atoms with Crippen LogP contribution in [-0.2, 0) is 7.05 Å². The molecule has 0 spiro atoms. The molecule has 0 radical (unpaired) electrons. The number of pyridine rings is 1. The van der Waals surface area contributed by atoms with E-state index in [1.54, 1.807) is 0 Å². The second kappa shape index (κ2) is 6.19. The zero-order valence-corrected chi connectivity index (χ0v) is 12.1. The van der Waals surface area contributed by atoms with E-state index >= 15 is 0 Å². The number of aryl methyl sites for hydroxylation is 1. The van der Waals surface area contributed by atoms with Crippen molar-refractivity contribution in [1.29, 1.82) is 0 Å². The second-order valence-electron chi connectivity index (χ2n) is 5.00. The van der Waals surface area contributed by atoms with Crippen molar-refractivity contribution < 1.29 is 4.57 Å². The average Bonchev–Trinajstić information content (AvgIpc) is 2.55. The molecule has 2 aromatic carbocycles. The lowest BCUT2D eigenvalue weighted by Gasteiger charge is -1.99. The molecule has 0 saturated heterocycles. The summed E-state index contributed by atoms with van der Waals surface area (Å²) in [6.45, 7) is 0. The SMILES string of the molecule is C[n+]1c(C=CC=Cc2ccccc2)ccc2ccccc21. The Morgan fingerprint density at radius 1 is 0.714 bits per heavy atom. The highest BCUT2D eigenvalue weighted by Crippen LogP contribution is 2.10. The van der Waals surface area contributed by atoms with Gasteiger partial charge in [-0.2, -0.15) is 4.57 Å². The third kappa shape index (κ3) is 3.09. The fourth-order valence-electron chi connectivity index (χ4n) is 2.41. The van der Waals surface area contributed by atoms with E-state index in [9.17, 15) is 0 Å². The number of nitrogens with zero attached hydrogens (tertiary/aromatic N) is 1. The van der Waals surface area contributed by atoms with Crippen molar-refractivity contribution in [3.8, 4) is 0 Å². The van der Waals surface area contributed by atoms with Crippen LogP contribution in [0.3, 0.4) is 0 Å². The summed E-state index contributed by atoms with van der Waals surface area (Å²) in [5, 5.41) is 1.26. The van der Waals surface area contributed by atoms with Crippen LogP contribution in [-0.4, -0.2) is 0 Å². The van der Waals surface area contributed by atoms with Crippen LogP contribution in [0.25, 0.3) is 23.1 Å². The van der Waals surface area contributed by atoms with Gasteiger partial charge >= 0.3 is 0 Å². The summed E-state index contributed by atoms with van der Waals surface area (Å²) in [5.41, 5.74) is 3.64. The first-order chi connectivity index (χ1) is 10.3. The van der Waals surface area contributed by atoms with Gasteiger partial charge in [-0.15, -0.1) is 0 Å². The standard InChI is InChI=1S/C20H18N/c1-21-19(16-15-18-12-6-8-14-20(18)21)13-7-5-11-17-9-3-2-4-10-17/h2-16H,1H3/q+1. The first-order valence-electron chi connectivity index (χ1n) is 7.12. The normalized spacial score (nSPS) is 11.7. The van der Waals surface area contributed by atoms with Crippen LogP contribution in [0.5, 0.6) is 0 Å². The number of hydrogen-bond donors (Lipinski definition) is 0. The fraction of sp³-hybridized carbons (Fsp3) is 0.0500. The van der Waals surface area contributed by atoms with Gasteiger partial charge in [0.05, 0.1) is 0 Å². The molecule has 0 amide bonds. The Labute approximate surface area is 125 Å². The Hall–Kier alpha value is -2.67. The van der Waals surface area contributed by atoms with Crippen molar-refractivity contribution in [2.24, 2.45) is 7.05 Å². The van der Waals surface area contributed by atoms with Gasteiger partial charge in [-0.05, 0) is 17.7 Å². The molecule has 1 heterocycles. The number of benzene rings is 2. The molecule has 0 saturated carbocycles. The van der Waals surface area contributed by atoms with Crippen molar-refractivity contribution >= 4 is 23.1 Å². The van der Waals surface area contributed by atoms with Gasteiger partial charge in [-0.3, -0.25) is 0 Å². The maximum Gasteiger partial charge on any atom is 0.212 e. The number of rotatable bonds is 3. The summed E-state index contributed by atoms with van der Waals surface area (Å²) in [7, 11) is 2.10. The molecule has 0 fully saturated rings. The van der Waals surface area contributed by atoms with Crippen LogP contribution in [0.1, 0.15) is 11.3 Å². The van der Waals surface area contributed by atoms with Gasteiger partial charge in [0.1, 0.15) is 7.05 Å². The van der Waals surface area contributed by atoms with Crippen molar-refractivity contribution in [3.05, 3.63) is 90.1 Å². The van der Waals surface area contributed by atoms with Gasteiger partial charge in [0, 0.05) is 23.6 Å². The molecule has 3 aromatic rings. The predicted molar refractivity (Wildman–Crippen MR) is 89.6 cm³/mol. The molecule has 1 aromatic heterocycles. The van der Waals surface area contributed by atoms with Crippen LogP contribution in [0, 0.1) is 0 Å². The molecule has 21 heavy (non-hydrogen) atoms. The number of hydrogen-bond acceptors (Lipinski definition) is 0. The molecule has 0 N–H and O–H groups in total. The first kappa shape index (κ1) is 13.3. The highest BCUT2D eigenvalue weighted by Gasteiger charge is 2.07. The summed E-state index contributed by atoms with van der Waals surface area (Å²) in [4.78, 5) is 0. The molecule has 0 aliphatic heterocycles. The Kier molecular flexibility index (Phi) is 3.92. The van der Waals surface area contributed by atoms with E-state index in [2.05, 4.69) is 84.4 Å². The van der Waals surface area contributed by atoms with E-state index in [1.807, 2.05) is 18.2 Å². The zero-order chi connectivity index (χ0) is 14.5. The summed E-state index contributed by atoms with van der Waals surface area (Å²) >= 11 is 0. The number of para-hydroxylation sites is 1. The smallest absolute Gasteiger partial charge is 0.195 e. The zero-order valence-electron chi connectivity index (χ0n) is 12.1. The van der Waals surface area contributed by atoms with Gasteiger partial charge in [0.15, 0.2) is 0 Å². The van der Waals surface area contributed by atoms with Gasteiger partial charge in [0.2, 0.25) is 11.2 Å². The van der Waals surface area contributed by atoms with Gasteiger partial charge < -0.3 is 0 Å². The van der Waals surface area contributed by atoms with Crippen LogP contribution in [0.15, 0.2) is 78.9 Å². The van der Waals surface area contributed by atoms with Gasteiger partial charge in [0.25, 0.3) is 0 Å². The minimum atomic E-state index is 1.19. The molecular weight excluding hydrogens is 254 g/mol. The Morgan fingerprint density at radius 2 is 1.43 bits per heavy atom. The molecule has 1 heteroatoms. The molecular formula is C20H18N+. The largest absolute Gasteiger partial charge is 0.212 e. The minimum Gasteiger partial charge on any atom is -0.195 e. The lowest BCUT2D eigenvalue weighted by Crippen LogP contribution is -2.32. The highest BCUT2D eigenvalue weighted by atomic mass is 14.9. The first-order valence-corrected chi connectivity index (χ1v) is 7.12. The Balaban J connectivity index is 1.83. The van der Waals surface area contributed by atoms with Crippen LogP contribution in [0.2, 0.25) is 0 Å². The Bertz CT molecular complexity index is 798. The highest BCUT2D eigenvalue weighted by molar-refractivity contribution is 5.76. The van der Waals surface area contributed by atoms with E-state index in [1.165, 1.54) is 22.2 Å². The van der Waals surface area contributed by atoms with Crippen LogP contribution < -0.4 is 4.57 Å². The van der Waals surface area contributed by atoms with E-state index < -0.39 is 0 Å². The molecule has 0 aliphatic rings. The molecule has 0 bridgehead atoms. The van der Waals surface area contributed by atoms with Gasteiger partial charge in [-0.25, -0.2) is 0 Å². The van der Waals surface area contributed by atoms with Crippen LogP contribution >= 0.6 is 0 Å². The maximum absolute atomic E-state index is 2.21. The summed E-state index contributed by atoms with van der Waals surface area (Å²) in [5.74, 6) is 0. The number of fused-ring (bicyclic) bond motifs is 1. The molecule has 0 unspecified atom stereocenters. The lowest BCUT2D eigenvalue weighted by molar-refractivity contribution is -0.646. The molecule has 1 nitrogen and oxygen atoms in total. The van der Waals surface area contributed by atoms with Crippen molar-refractivity contribution in [2.45, 2.75) is 0 Å². The molecule has 0 aliphatic carbocycles. The monoisotopic (exact) mass is 272 g/mol. The summed E-state index contributed by atoms with van der Waals surface area (Å²) < 4.78 is 2.21.